The van der Waals surface area contributed by atoms with Crippen LogP contribution in [-0.2, 0) is 6.42 Å². The molecule has 0 fully saturated rings. The van der Waals surface area contributed by atoms with Crippen molar-refractivity contribution in [3.8, 4) is 0 Å². The fourth-order valence-corrected chi connectivity index (χ4v) is 1.81. The molecule has 2 amide bonds. The zero-order valence-electron chi connectivity index (χ0n) is 9.21. The van der Waals surface area contributed by atoms with E-state index in [4.69, 9.17) is 4.42 Å². The number of anilines is 1. The Morgan fingerprint density at radius 3 is 3.18 bits per heavy atom. The van der Waals surface area contributed by atoms with Gasteiger partial charge in [0.15, 0.2) is 0 Å². The van der Waals surface area contributed by atoms with Crippen molar-refractivity contribution in [3.05, 3.63) is 29.7 Å². The molecule has 2 N–H and O–H groups in total. The zero-order chi connectivity index (χ0) is 12.1. The quantitative estimate of drug-likeness (QED) is 0.870. The topological polar surface area (TPSA) is 80.0 Å². The van der Waals surface area contributed by atoms with Crippen molar-refractivity contribution in [2.45, 2.75) is 19.4 Å². The Balaban J connectivity index is 1.78. The summed E-state index contributed by atoms with van der Waals surface area (Å²) in [5.74, 6) is 0.841. The SMILES string of the molecule is C[C@@H](Cc1ccco1)NC(=O)Nc1nncs1. The second kappa shape index (κ2) is 5.44. The minimum Gasteiger partial charge on any atom is -0.469 e. The van der Waals surface area contributed by atoms with Crippen LogP contribution in [-0.4, -0.2) is 22.3 Å². The maximum Gasteiger partial charge on any atom is 0.321 e. The van der Waals surface area contributed by atoms with Crippen LogP contribution in [0.5, 0.6) is 0 Å². The molecule has 0 aliphatic carbocycles. The smallest absolute Gasteiger partial charge is 0.321 e. The lowest BCUT2D eigenvalue weighted by Gasteiger charge is -2.12. The number of urea groups is 1. The first-order valence-corrected chi connectivity index (χ1v) is 5.98. The Hall–Kier alpha value is -1.89. The number of carbonyl (C=O) groups excluding carboxylic acids is 1. The molecule has 0 spiro atoms. The van der Waals surface area contributed by atoms with E-state index in [-0.39, 0.29) is 12.1 Å². The lowest BCUT2D eigenvalue weighted by atomic mass is 10.2. The van der Waals surface area contributed by atoms with E-state index in [2.05, 4.69) is 20.8 Å². The van der Waals surface area contributed by atoms with E-state index in [1.165, 1.54) is 11.3 Å². The maximum absolute atomic E-state index is 11.5. The number of rotatable bonds is 4. The molecule has 0 aromatic carbocycles. The molecule has 7 heteroatoms. The van der Waals surface area contributed by atoms with Crippen LogP contribution in [0.2, 0.25) is 0 Å². The molecule has 0 aliphatic heterocycles. The number of furan rings is 1. The molecule has 17 heavy (non-hydrogen) atoms. The Bertz CT molecular complexity index is 455. The molecule has 0 radical (unpaired) electrons. The third kappa shape index (κ3) is 3.56. The van der Waals surface area contributed by atoms with E-state index in [0.717, 1.165) is 5.76 Å². The lowest BCUT2D eigenvalue weighted by Crippen LogP contribution is -2.37. The number of hydrogen-bond donors (Lipinski definition) is 2. The van der Waals surface area contributed by atoms with Gasteiger partial charge in [-0.3, -0.25) is 5.32 Å². The van der Waals surface area contributed by atoms with Crippen molar-refractivity contribution in [3.63, 3.8) is 0 Å². The summed E-state index contributed by atoms with van der Waals surface area (Å²) < 4.78 is 5.20. The molecule has 2 heterocycles. The number of hydrogen-bond acceptors (Lipinski definition) is 5. The van der Waals surface area contributed by atoms with E-state index >= 15 is 0 Å². The molecule has 90 valence electrons. The van der Waals surface area contributed by atoms with Crippen molar-refractivity contribution in [1.29, 1.82) is 0 Å². The third-order valence-corrected chi connectivity index (χ3v) is 2.65. The molecule has 0 saturated carbocycles. The standard InChI is InChI=1S/C10H12N4O2S/c1-7(5-8-3-2-4-16-8)12-9(15)13-10-14-11-6-17-10/h2-4,6-7H,5H2,1H3,(H2,12,13,14,15)/t7-/m0/s1. The third-order valence-electron chi connectivity index (χ3n) is 2.05. The van der Waals surface area contributed by atoms with Gasteiger partial charge in [0.05, 0.1) is 6.26 Å². The molecule has 2 rings (SSSR count). The molecule has 0 bridgehead atoms. The molecular formula is C10H12N4O2S. The Labute approximate surface area is 102 Å². The monoisotopic (exact) mass is 252 g/mol. The highest BCUT2D eigenvalue weighted by Gasteiger charge is 2.10. The van der Waals surface area contributed by atoms with Gasteiger partial charge in [-0.25, -0.2) is 4.79 Å². The molecule has 0 unspecified atom stereocenters. The lowest BCUT2D eigenvalue weighted by molar-refractivity contribution is 0.248. The van der Waals surface area contributed by atoms with Gasteiger partial charge in [-0.05, 0) is 19.1 Å². The van der Waals surface area contributed by atoms with Crippen LogP contribution in [0.15, 0.2) is 28.3 Å². The number of aromatic nitrogens is 2. The molecule has 1 atom stereocenters. The highest BCUT2D eigenvalue weighted by atomic mass is 32.1. The summed E-state index contributed by atoms with van der Waals surface area (Å²) in [5.41, 5.74) is 1.56. The van der Waals surface area contributed by atoms with Crippen LogP contribution in [0.25, 0.3) is 0 Å². The largest absolute Gasteiger partial charge is 0.469 e. The fourth-order valence-electron chi connectivity index (χ4n) is 1.37. The first-order chi connectivity index (χ1) is 8.24. The summed E-state index contributed by atoms with van der Waals surface area (Å²) in [6.07, 6.45) is 2.26. The van der Waals surface area contributed by atoms with Gasteiger partial charge in [-0.1, -0.05) is 11.3 Å². The van der Waals surface area contributed by atoms with E-state index < -0.39 is 0 Å². The number of amides is 2. The van der Waals surface area contributed by atoms with Gasteiger partial charge < -0.3 is 9.73 Å². The van der Waals surface area contributed by atoms with Crippen LogP contribution in [0.1, 0.15) is 12.7 Å². The first kappa shape index (κ1) is 11.6. The van der Waals surface area contributed by atoms with Crippen molar-refractivity contribution in [1.82, 2.24) is 15.5 Å². The molecule has 6 nitrogen and oxygen atoms in total. The average molecular weight is 252 g/mol. The molecule has 0 saturated heterocycles. The maximum atomic E-state index is 11.5. The van der Waals surface area contributed by atoms with Crippen molar-refractivity contribution in [2.24, 2.45) is 0 Å². The summed E-state index contributed by atoms with van der Waals surface area (Å²) in [7, 11) is 0. The number of carbonyl (C=O) groups is 1. The van der Waals surface area contributed by atoms with Crippen LogP contribution in [0.3, 0.4) is 0 Å². The molecular weight excluding hydrogens is 240 g/mol. The summed E-state index contributed by atoms with van der Waals surface area (Å²) in [6, 6.07) is 3.39. The second-order valence-corrected chi connectivity index (χ2v) is 4.36. The van der Waals surface area contributed by atoms with E-state index in [9.17, 15) is 4.79 Å². The van der Waals surface area contributed by atoms with Crippen molar-refractivity contribution >= 4 is 22.5 Å². The minimum absolute atomic E-state index is 0.0194. The van der Waals surface area contributed by atoms with E-state index in [1.807, 2.05) is 19.1 Å². The normalized spacial score (nSPS) is 12.1. The Kier molecular flexibility index (Phi) is 3.71. The minimum atomic E-state index is -0.291. The van der Waals surface area contributed by atoms with Gasteiger partial charge in [-0.2, -0.15) is 0 Å². The summed E-state index contributed by atoms with van der Waals surface area (Å²) in [4.78, 5) is 11.5. The Morgan fingerprint density at radius 2 is 2.53 bits per heavy atom. The second-order valence-electron chi connectivity index (χ2n) is 3.53. The first-order valence-electron chi connectivity index (χ1n) is 5.10. The van der Waals surface area contributed by atoms with Crippen LogP contribution in [0, 0.1) is 0 Å². The van der Waals surface area contributed by atoms with Gasteiger partial charge in [-0.15, -0.1) is 10.2 Å². The van der Waals surface area contributed by atoms with Gasteiger partial charge in [0, 0.05) is 12.5 Å². The van der Waals surface area contributed by atoms with E-state index in [0.29, 0.717) is 11.6 Å². The van der Waals surface area contributed by atoms with Gasteiger partial charge >= 0.3 is 6.03 Å². The summed E-state index contributed by atoms with van der Waals surface area (Å²) in [6.45, 7) is 1.90. The molecule has 2 aromatic heterocycles. The van der Waals surface area contributed by atoms with Crippen LogP contribution in [0.4, 0.5) is 9.93 Å². The highest BCUT2D eigenvalue weighted by molar-refractivity contribution is 7.13. The average Bonchev–Trinajstić information content (AvgIpc) is 2.90. The summed E-state index contributed by atoms with van der Waals surface area (Å²) in [5, 5.41) is 13.2. The molecule has 0 aliphatic rings. The summed E-state index contributed by atoms with van der Waals surface area (Å²) >= 11 is 1.27. The molecule has 2 aromatic rings. The van der Waals surface area contributed by atoms with Crippen LogP contribution < -0.4 is 10.6 Å². The predicted octanol–water partition coefficient (Wildman–Crippen LogP) is 1.88. The zero-order valence-corrected chi connectivity index (χ0v) is 10.0. The predicted molar refractivity (Wildman–Crippen MR) is 63.9 cm³/mol. The van der Waals surface area contributed by atoms with E-state index in [1.54, 1.807) is 11.8 Å². The highest BCUT2D eigenvalue weighted by Crippen LogP contribution is 2.08. The van der Waals surface area contributed by atoms with Gasteiger partial charge in [0.25, 0.3) is 0 Å². The Morgan fingerprint density at radius 1 is 1.65 bits per heavy atom. The number of nitrogens with zero attached hydrogens (tertiary/aromatic N) is 2. The van der Waals surface area contributed by atoms with Crippen molar-refractivity contribution in [2.75, 3.05) is 5.32 Å². The van der Waals surface area contributed by atoms with Crippen molar-refractivity contribution < 1.29 is 9.21 Å². The van der Waals surface area contributed by atoms with Gasteiger partial charge in [0.2, 0.25) is 5.13 Å². The number of nitrogens with one attached hydrogen (secondary N) is 2. The van der Waals surface area contributed by atoms with Crippen LogP contribution >= 0.6 is 11.3 Å². The van der Waals surface area contributed by atoms with Gasteiger partial charge in [0.1, 0.15) is 11.3 Å². The fraction of sp³-hybridized carbons (Fsp3) is 0.300.